The van der Waals surface area contributed by atoms with Crippen molar-refractivity contribution in [3.05, 3.63) is 59.3 Å². The number of amides is 2. The second-order valence-electron chi connectivity index (χ2n) is 13.5. The standard InChI is InChI=1S/C34H44FN5O3/c1-22-17-36-18-30-32(22)26(15-25-7-11-37(20-25)19-24-8-12-38(13-9-24)23(2)41)21-39(30)29-6-5-27(35)16-28(29)33(43)40-14-10-31(42)34(40,3)4/h5-6,16-18,21,24-25,31,42H,7-15,19-20H2,1-4H3/t25-,31-/m0/s1. The number of aliphatic hydroxyl groups is 1. The molecule has 0 radical (unpaired) electrons. The van der Waals surface area contributed by atoms with Crippen molar-refractivity contribution in [3.63, 3.8) is 0 Å². The van der Waals surface area contributed by atoms with E-state index in [1.165, 1.54) is 17.7 Å². The number of aryl methyl sites for hydroxylation is 1. The fourth-order valence-corrected chi connectivity index (χ4v) is 7.62. The summed E-state index contributed by atoms with van der Waals surface area (Å²) in [5.41, 5.74) is 3.38. The van der Waals surface area contributed by atoms with Crippen LogP contribution in [0.15, 0.2) is 36.8 Å². The maximum absolute atomic E-state index is 14.6. The van der Waals surface area contributed by atoms with E-state index in [4.69, 9.17) is 0 Å². The molecule has 0 bridgehead atoms. The molecule has 6 rings (SSSR count). The third kappa shape index (κ3) is 5.69. The lowest BCUT2D eigenvalue weighted by Crippen LogP contribution is -2.48. The zero-order chi connectivity index (χ0) is 30.5. The number of fused-ring (bicyclic) bond motifs is 1. The number of likely N-dealkylation sites (tertiary alicyclic amines) is 3. The van der Waals surface area contributed by atoms with Crippen LogP contribution in [0.4, 0.5) is 4.39 Å². The van der Waals surface area contributed by atoms with E-state index in [9.17, 15) is 19.1 Å². The molecule has 3 fully saturated rings. The minimum Gasteiger partial charge on any atom is -0.391 e. The summed E-state index contributed by atoms with van der Waals surface area (Å²) in [5.74, 6) is 0.597. The average molecular weight is 590 g/mol. The minimum absolute atomic E-state index is 0.181. The maximum Gasteiger partial charge on any atom is 0.256 e. The van der Waals surface area contributed by atoms with Gasteiger partial charge in [-0.3, -0.25) is 14.6 Å². The highest BCUT2D eigenvalue weighted by Crippen LogP contribution is 2.35. The summed E-state index contributed by atoms with van der Waals surface area (Å²) in [6.45, 7) is 12.8. The largest absolute Gasteiger partial charge is 0.391 e. The number of hydrogen-bond acceptors (Lipinski definition) is 5. The van der Waals surface area contributed by atoms with Gasteiger partial charge in [0.15, 0.2) is 0 Å². The van der Waals surface area contributed by atoms with E-state index in [-0.39, 0.29) is 17.4 Å². The lowest BCUT2D eigenvalue weighted by atomic mass is 9.96. The van der Waals surface area contributed by atoms with Gasteiger partial charge in [0.2, 0.25) is 5.91 Å². The average Bonchev–Trinajstić information content (AvgIpc) is 3.65. The number of aromatic nitrogens is 2. The molecule has 0 unspecified atom stereocenters. The van der Waals surface area contributed by atoms with Gasteiger partial charge in [0, 0.05) is 57.4 Å². The fraction of sp³-hybridized carbons (Fsp3) is 0.559. The van der Waals surface area contributed by atoms with Crippen LogP contribution in [0.2, 0.25) is 0 Å². The Morgan fingerprint density at radius 1 is 1.05 bits per heavy atom. The van der Waals surface area contributed by atoms with Gasteiger partial charge >= 0.3 is 0 Å². The minimum atomic E-state index is -0.735. The highest BCUT2D eigenvalue weighted by Gasteiger charge is 2.43. The summed E-state index contributed by atoms with van der Waals surface area (Å²) in [6, 6.07) is 4.41. The summed E-state index contributed by atoms with van der Waals surface area (Å²) in [6.07, 6.45) is 9.92. The molecule has 0 aliphatic carbocycles. The molecule has 2 atom stereocenters. The molecular weight excluding hydrogens is 545 g/mol. The third-order valence-corrected chi connectivity index (χ3v) is 10.3. The number of rotatable bonds is 6. The predicted octanol–water partition coefficient (Wildman–Crippen LogP) is 4.58. The molecule has 1 N–H and O–H groups in total. The molecule has 3 aliphatic rings. The quantitative estimate of drug-likeness (QED) is 0.455. The van der Waals surface area contributed by atoms with Crippen molar-refractivity contribution in [2.45, 2.75) is 71.4 Å². The predicted molar refractivity (Wildman–Crippen MR) is 165 cm³/mol. The number of pyridine rings is 1. The molecule has 3 aliphatic heterocycles. The lowest BCUT2D eigenvalue weighted by molar-refractivity contribution is -0.130. The molecule has 8 nitrogen and oxygen atoms in total. The zero-order valence-electron chi connectivity index (χ0n) is 25.9. The second-order valence-corrected chi connectivity index (χ2v) is 13.5. The Kier molecular flexibility index (Phi) is 8.07. The topological polar surface area (TPSA) is 81.9 Å². The van der Waals surface area contributed by atoms with Crippen molar-refractivity contribution in [2.24, 2.45) is 11.8 Å². The first-order valence-corrected chi connectivity index (χ1v) is 15.7. The Bertz CT molecular complexity index is 1530. The molecule has 3 aromatic rings. The number of halogens is 1. The molecule has 2 amide bonds. The van der Waals surface area contributed by atoms with Crippen LogP contribution in [0.3, 0.4) is 0 Å². The normalized spacial score (nSPS) is 23.0. The first-order chi connectivity index (χ1) is 20.5. The number of piperidine rings is 1. The number of nitrogens with zero attached hydrogens (tertiary/aromatic N) is 5. The van der Waals surface area contributed by atoms with Crippen molar-refractivity contribution < 1.29 is 19.1 Å². The summed E-state index contributed by atoms with van der Waals surface area (Å²) < 4.78 is 16.6. The Labute approximate surface area is 253 Å². The number of hydrogen-bond donors (Lipinski definition) is 1. The summed E-state index contributed by atoms with van der Waals surface area (Å²) >= 11 is 0. The van der Waals surface area contributed by atoms with E-state index in [2.05, 4.69) is 23.0 Å². The molecule has 5 heterocycles. The fourth-order valence-electron chi connectivity index (χ4n) is 7.62. The van der Waals surface area contributed by atoms with Gasteiger partial charge in [-0.2, -0.15) is 0 Å². The van der Waals surface area contributed by atoms with Crippen LogP contribution in [0.5, 0.6) is 0 Å². The zero-order valence-corrected chi connectivity index (χ0v) is 25.9. The van der Waals surface area contributed by atoms with Crippen molar-refractivity contribution >= 4 is 22.7 Å². The van der Waals surface area contributed by atoms with E-state index < -0.39 is 17.5 Å². The van der Waals surface area contributed by atoms with Crippen molar-refractivity contribution in [2.75, 3.05) is 39.3 Å². The van der Waals surface area contributed by atoms with Gasteiger partial charge in [0.05, 0.1) is 34.6 Å². The van der Waals surface area contributed by atoms with Gasteiger partial charge in [-0.05, 0) is 101 Å². The van der Waals surface area contributed by atoms with Gasteiger partial charge in [0.1, 0.15) is 5.82 Å². The van der Waals surface area contributed by atoms with Crippen LogP contribution in [0.1, 0.15) is 67.9 Å². The smallest absolute Gasteiger partial charge is 0.256 e. The Morgan fingerprint density at radius 2 is 1.79 bits per heavy atom. The number of benzene rings is 1. The Morgan fingerprint density at radius 3 is 2.49 bits per heavy atom. The van der Waals surface area contributed by atoms with E-state index >= 15 is 0 Å². The summed E-state index contributed by atoms with van der Waals surface area (Å²) in [4.78, 5) is 36.3. The summed E-state index contributed by atoms with van der Waals surface area (Å²) in [5, 5.41) is 11.7. The first-order valence-electron chi connectivity index (χ1n) is 15.7. The van der Waals surface area contributed by atoms with Crippen molar-refractivity contribution in [1.29, 1.82) is 0 Å². The molecule has 0 saturated carbocycles. The van der Waals surface area contributed by atoms with E-state index in [1.807, 2.05) is 35.7 Å². The number of carbonyl (C=O) groups excluding carboxylic acids is 2. The Balaban J connectivity index is 1.25. The molecule has 9 heteroatoms. The number of carbonyl (C=O) groups is 2. The number of aliphatic hydroxyl groups excluding tert-OH is 1. The van der Waals surface area contributed by atoms with Crippen LogP contribution < -0.4 is 0 Å². The van der Waals surface area contributed by atoms with E-state index in [0.717, 1.165) is 74.9 Å². The van der Waals surface area contributed by atoms with Crippen LogP contribution >= 0.6 is 0 Å². The maximum atomic E-state index is 14.6. The second kappa shape index (κ2) is 11.7. The highest BCUT2D eigenvalue weighted by molar-refractivity contribution is 6.00. The Hall–Kier alpha value is -3.30. The van der Waals surface area contributed by atoms with Crippen LogP contribution in [-0.4, -0.2) is 92.1 Å². The molecule has 1 aromatic carbocycles. The molecule has 2 aromatic heterocycles. The molecular formula is C34H44FN5O3. The summed E-state index contributed by atoms with van der Waals surface area (Å²) in [7, 11) is 0. The van der Waals surface area contributed by atoms with Gasteiger partial charge in [-0.15, -0.1) is 0 Å². The third-order valence-electron chi connectivity index (χ3n) is 10.3. The molecule has 230 valence electrons. The van der Waals surface area contributed by atoms with E-state index in [0.29, 0.717) is 30.5 Å². The lowest BCUT2D eigenvalue weighted by Gasteiger charge is -2.34. The molecule has 43 heavy (non-hydrogen) atoms. The first kappa shape index (κ1) is 29.8. The van der Waals surface area contributed by atoms with Crippen LogP contribution in [-0.2, 0) is 11.2 Å². The van der Waals surface area contributed by atoms with Crippen LogP contribution in [0, 0.1) is 24.6 Å². The van der Waals surface area contributed by atoms with Gasteiger partial charge in [0.25, 0.3) is 5.91 Å². The monoisotopic (exact) mass is 589 g/mol. The van der Waals surface area contributed by atoms with E-state index in [1.54, 1.807) is 17.9 Å². The van der Waals surface area contributed by atoms with Gasteiger partial charge in [-0.1, -0.05) is 0 Å². The molecule has 3 saturated heterocycles. The van der Waals surface area contributed by atoms with Crippen molar-refractivity contribution in [3.8, 4) is 5.69 Å². The van der Waals surface area contributed by atoms with Crippen molar-refractivity contribution in [1.82, 2.24) is 24.3 Å². The van der Waals surface area contributed by atoms with Gasteiger partial charge < -0.3 is 24.4 Å². The molecule has 0 spiro atoms. The highest BCUT2D eigenvalue weighted by atomic mass is 19.1. The van der Waals surface area contributed by atoms with Crippen LogP contribution in [0.25, 0.3) is 16.6 Å². The van der Waals surface area contributed by atoms with Gasteiger partial charge in [-0.25, -0.2) is 4.39 Å². The SMILES string of the molecule is CC(=O)N1CCC(CN2CC[C@@H](Cc3cn(-c4ccc(F)cc4C(=O)N4CC[C@H](O)C4(C)C)c4cncc(C)c34)C2)CC1.